The van der Waals surface area contributed by atoms with Crippen molar-refractivity contribution in [1.82, 2.24) is 0 Å². The molecule has 0 radical (unpaired) electrons. The molecule has 35 heavy (non-hydrogen) atoms. The Bertz CT molecular complexity index is 1370. The van der Waals surface area contributed by atoms with Crippen molar-refractivity contribution < 1.29 is 23.1 Å². The molecule has 1 aliphatic heterocycles. The van der Waals surface area contributed by atoms with Crippen LogP contribution in [0.25, 0.3) is 0 Å². The second-order valence-electron chi connectivity index (χ2n) is 8.36. The smallest absolute Gasteiger partial charge is 0.205 e. The molecule has 0 amide bonds. The zero-order valence-corrected chi connectivity index (χ0v) is 19.2. The van der Waals surface area contributed by atoms with Gasteiger partial charge in [-0.3, -0.25) is 4.79 Å². The summed E-state index contributed by atoms with van der Waals surface area (Å²) in [6.07, 6.45) is 2.25. The number of allylic oxidation sites excluding steroid dienone is 3. The maximum Gasteiger partial charge on any atom is 0.205 e. The second kappa shape index (κ2) is 9.32. The maximum atomic E-state index is 14.0. The largest absolute Gasteiger partial charge is 0.489 e. The molecule has 2 aliphatic rings. The van der Waals surface area contributed by atoms with Crippen LogP contribution >= 0.6 is 11.6 Å². The molecule has 1 aromatic heterocycles. The number of Topliss-reactive ketones (excluding diaryl/α,β-unsaturated/α-hetero) is 1. The van der Waals surface area contributed by atoms with Crippen LogP contribution in [-0.2, 0) is 16.1 Å². The second-order valence-corrected chi connectivity index (χ2v) is 8.77. The highest BCUT2D eigenvalue weighted by atomic mass is 35.5. The van der Waals surface area contributed by atoms with Crippen LogP contribution in [0.15, 0.2) is 88.1 Å². The maximum absolute atomic E-state index is 14.0. The number of ether oxygens (including phenoxy) is 2. The van der Waals surface area contributed by atoms with Gasteiger partial charge in [0.2, 0.25) is 5.88 Å². The van der Waals surface area contributed by atoms with E-state index in [2.05, 4.69) is 6.07 Å². The van der Waals surface area contributed by atoms with Gasteiger partial charge in [0.25, 0.3) is 0 Å². The molecule has 5 rings (SSSR count). The van der Waals surface area contributed by atoms with E-state index in [1.807, 2.05) is 6.07 Å². The number of furan rings is 1. The number of halogens is 2. The zero-order chi connectivity index (χ0) is 24.5. The van der Waals surface area contributed by atoms with E-state index in [0.29, 0.717) is 34.8 Å². The lowest BCUT2D eigenvalue weighted by Crippen LogP contribution is -2.29. The van der Waals surface area contributed by atoms with Gasteiger partial charge in [0.15, 0.2) is 5.78 Å². The third kappa shape index (κ3) is 4.29. The van der Waals surface area contributed by atoms with E-state index in [1.165, 1.54) is 12.1 Å². The molecule has 2 atom stereocenters. The quantitative estimate of drug-likeness (QED) is 0.481. The number of hydrogen-bond donors (Lipinski definition) is 1. The first-order valence-corrected chi connectivity index (χ1v) is 11.4. The van der Waals surface area contributed by atoms with Crippen LogP contribution < -0.4 is 10.5 Å². The summed E-state index contributed by atoms with van der Waals surface area (Å²) in [7, 11) is 0. The first-order valence-electron chi connectivity index (χ1n) is 11.0. The molecule has 176 valence electrons. The molecular weight excluding hydrogens is 471 g/mol. The van der Waals surface area contributed by atoms with Crippen LogP contribution in [0.4, 0.5) is 4.39 Å². The molecular formula is C27H20ClFN2O4. The third-order valence-corrected chi connectivity index (χ3v) is 6.62. The van der Waals surface area contributed by atoms with Gasteiger partial charge in [-0.25, -0.2) is 4.39 Å². The number of nitriles is 1. The minimum Gasteiger partial charge on any atom is -0.489 e. The Morgan fingerprint density at radius 1 is 1.14 bits per heavy atom. The summed E-state index contributed by atoms with van der Waals surface area (Å²) in [5.74, 6) is 0.259. The Morgan fingerprint density at radius 2 is 1.94 bits per heavy atom. The van der Waals surface area contributed by atoms with E-state index in [0.717, 1.165) is 0 Å². The van der Waals surface area contributed by atoms with E-state index in [4.69, 9.17) is 31.2 Å². The minimum atomic E-state index is -0.649. The SMILES string of the molecule is N#CC1=C(N)OC2=C(C(=O)C[C@H](c3ccco3)C2)[C@H]1c1ccc(OCc2c(F)cccc2Cl)cc1. The lowest BCUT2D eigenvalue weighted by Gasteiger charge is -2.33. The monoisotopic (exact) mass is 490 g/mol. The predicted molar refractivity (Wildman–Crippen MR) is 126 cm³/mol. The standard InChI is InChI=1S/C27H20ClFN2O4/c28-20-3-1-4-21(29)19(20)14-34-17-8-6-15(7-9-17)25-18(13-30)27(31)35-24-12-16(11-22(32)26(24)25)23-5-2-10-33-23/h1-10,16,25H,11-12,14,31H2/t16-,25-/m0/s1. The topological polar surface area (TPSA) is 98.5 Å². The van der Waals surface area contributed by atoms with Crippen LogP contribution in [0.3, 0.4) is 0 Å². The molecule has 6 nitrogen and oxygen atoms in total. The van der Waals surface area contributed by atoms with Gasteiger partial charge in [0.05, 0.1) is 17.2 Å². The van der Waals surface area contributed by atoms with E-state index in [1.54, 1.807) is 42.7 Å². The molecule has 2 N–H and O–H groups in total. The van der Waals surface area contributed by atoms with Crippen molar-refractivity contribution in [2.45, 2.75) is 31.3 Å². The lowest BCUT2D eigenvalue weighted by atomic mass is 9.74. The Hall–Kier alpha value is -4.02. The number of carbonyl (C=O) groups is 1. The predicted octanol–water partition coefficient (Wildman–Crippen LogP) is 5.86. The Balaban J connectivity index is 1.42. The van der Waals surface area contributed by atoms with Crippen LogP contribution in [0.5, 0.6) is 5.75 Å². The summed E-state index contributed by atoms with van der Waals surface area (Å²) >= 11 is 6.07. The Morgan fingerprint density at radius 3 is 2.63 bits per heavy atom. The molecule has 2 heterocycles. The first-order chi connectivity index (χ1) is 17.0. The molecule has 0 saturated carbocycles. The highest BCUT2D eigenvalue weighted by molar-refractivity contribution is 6.31. The molecule has 3 aromatic rings. The summed E-state index contributed by atoms with van der Waals surface area (Å²) < 4.78 is 31.0. The normalized spacial score (nSPS) is 19.7. The van der Waals surface area contributed by atoms with Crippen LogP contribution in [0.2, 0.25) is 5.02 Å². The molecule has 8 heteroatoms. The van der Waals surface area contributed by atoms with Gasteiger partial charge in [-0.2, -0.15) is 5.26 Å². The fraction of sp³-hybridized carbons (Fsp3) is 0.185. The van der Waals surface area contributed by atoms with Crippen molar-refractivity contribution in [2.24, 2.45) is 5.73 Å². The summed E-state index contributed by atoms with van der Waals surface area (Å²) in [6, 6.07) is 17.1. The summed E-state index contributed by atoms with van der Waals surface area (Å²) in [6.45, 7) is -0.0413. The Labute approximate surface area is 206 Å². The van der Waals surface area contributed by atoms with Crippen molar-refractivity contribution in [3.05, 3.63) is 111 Å². The van der Waals surface area contributed by atoms with Crippen molar-refractivity contribution in [3.63, 3.8) is 0 Å². The van der Waals surface area contributed by atoms with Crippen LogP contribution in [0.1, 0.15) is 41.6 Å². The average Bonchev–Trinajstić information content (AvgIpc) is 3.38. The van der Waals surface area contributed by atoms with Gasteiger partial charge in [-0.1, -0.05) is 29.8 Å². The van der Waals surface area contributed by atoms with Gasteiger partial charge < -0.3 is 19.6 Å². The third-order valence-electron chi connectivity index (χ3n) is 6.26. The number of ketones is 1. The minimum absolute atomic E-state index is 0.0151. The lowest BCUT2D eigenvalue weighted by molar-refractivity contribution is -0.117. The molecule has 0 bridgehead atoms. The number of rotatable bonds is 5. The van der Waals surface area contributed by atoms with Crippen LogP contribution in [-0.4, -0.2) is 5.78 Å². The number of carbonyl (C=O) groups excluding carboxylic acids is 1. The van der Waals surface area contributed by atoms with Crippen LogP contribution in [0, 0.1) is 17.1 Å². The van der Waals surface area contributed by atoms with Gasteiger partial charge in [-0.15, -0.1) is 0 Å². The highest BCUT2D eigenvalue weighted by Gasteiger charge is 2.41. The summed E-state index contributed by atoms with van der Waals surface area (Å²) in [5, 5.41) is 10.1. The first kappa shape index (κ1) is 22.8. The molecule has 1 aliphatic carbocycles. The van der Waals surface area contributed by atoms with Crippen molar-refractivity contribution in [3.8, 4) is 11.8 Å². The molecule has 0 fully saturated rings. The molecule has 2 aromatic carbocycles. The van der Waals surface area contributed by atoms with E-state index < -0.39 is 11.7 Å². The number of nitrogens with two attached hydrogens (primary N) is 1. The van der Waals surface area contributed by atoms with Gasteiger partial charge in [-0.05, 0) is 42.0 Å². The Kier molecular flexibility index (Phi) is 6.06. The van der Waals surface area contributed by atoms with Gasteiger partial charge in [0.1, 0.15) is 41.3 Å². The molecule has 0 saturated heterocycles. The van der Waals surface area contributed by atoms with Crippen molar-refractivity contribution >= 4 is 17.4 Å². The van der Waals surface area contributed by atoms with Gasteiger partial charge in [0, 0.05) is 29.9 Å². The van der Waals surface area contributed by atoms with E-state index in [-0.39, 0.29) is 46.8 Å². The summed E-state index contributed by atoms with van der Waals surface area (Å²) in [4.78, 5) is 13.3. The van der Waals surface area contributed by atoms with Crippen molar-refractivity contribution in [1.29, 1.82) is 5.26 Å². The summed E-state index contributed by atoms with van der Waals surface area (Å²) in [5.41, 5.74) is 7.67. The zero-order valence-electron chi connectivity index (χ0n) is 18.5. The average molecular weight is 491 g/mol. The number of hydrogen-bond acceptors (Lipinski definition) is 6. The fourth-order valence-corrected chi connectivity index (χ4v) is 4.77. The van der Waals surface area contributed by atoms with E-state index in [9.17, 15) is 14.4 Å². The van der Waals surface area contributed by atoms with Gasteiger partial charge >= 0.3 is 0 Å². The van der Waals surface area contributed by atoms with Crippen molar-refractivity contribution in [2.75, 3.05) is 0 Å². The number of benzene rings is 2. The molecule has 0 unspecified atom stereocenters. The van der Waals surface area contributed by atoms with E-state index >= 15 is 0 Å². The molecule has 0 spiro atoms. The highest BCUT2D eigenvalue weighted by Crippen LogP contribution is 2.46. The fourth-order valence-electron chi connectivity index (χ4n) is 4.55. The number of nitrogens with zero attached hydrogens (tertiary/aromatic N) is 1.